The zero-order chi connectivity index (χ0) is 7.44. The summed E-state index contributed by atoms with van der Waals surface area (Å²) in [5.41, 5.74) is 0.810. The molecule has 0 aromatic heterocycles. The van der Waals surface area contributed by atoms with Crippen LogP contribution in [0, 0.1) is 17.2 Å². The SMILES string of the molecule is CCC(C)C(C)C(C)=N. The summed E-state index contributed by atoms with van der Waals surface area (Å²) in [6.07, 6.45) is 1.18. The molecular formula is C8H17N. The van der Waals surface area contributed by atoms with Crippen molar-refractivity contribution in [3.05, 3.63) is 0 Å². The Labute approximate surface area is 58.0 Å². The summed E-state index contributed by atoms with van der Waals surface area (Å²) < 4.78 is 0. The average molecular weight is 127 g/mol. The molecule has 1 heteroatoms. The van der Waals surface area contributed by atoms with E-state index in [1.54, 1.807) is 0 Å². The van der Waals surface area contributed by atoms with Crippen LogP contribution in [-0.4, -0.2) is 5.71 Å². The summed E-state index contributed by atoms with van der Waals surface area (Å²) in [5, 5.41) is 7.33. The predicted molar refractivity (Wildman–Crippen MR) is 42.0 cm³/mol. The van der Waals surface area contributed by atoms with Crippen molar-refractivity contribution in [2.45, 2.75) is 34.1 Å². The van der Waals surface area contributed by atoms with Crippen LogP contribution in [0.2, 0.25) is 0 Å². The first kappa shape index (κ1) is 8.67. The van der Waals surface area contributed by atoms with Crippen LogP contribution in [0.15, 0.2) is 0 Å². The van der Waals surface area contributed by atoms with Crippen molar-refractivity contribution in [1.82, 2.24) is 0 Å². The topological polar surface area (TPSA) is 23.9 Å². The van der Waals surface area contributed by atoms with Crippen molar-refractivity contribution in [2.24, 2.45) is 11.8 Å². The van der Waals surface area contributed by atoms with E-state index in [1.807, 2.05) is 6.92 Å². The van der Waals surface area contributed by atoms with E-state index in [4.69, 9.17) is 5.41 Å². The van der Waals surface area contributed by atoms with Gasteiger partial charge in [-0.2, -0.15) is 0 Å². The monoisotopic (exact) mass is 127 g/mol. The standard InChI is InChI=1S/C8H17N/c1-5-6(2)7(3)8(4)9/h6-7,9H,5H2,1-4H3. The lowest BCUT2D eigenvalue weighted by molar-refractivity contribution is 0.466. The molecule has 0 heterocycles. The van der Waals surface area contributed by atoms with Crippen molar-refractivity contribution in [2.75, 3.05) is 0 Å². The summed E-state index contributed by atoms with van der Waals surface area (Å²) in [6, 6.07) is 0. The maximum absolute atomic E-state index is 7.33. The maximum Gasteiger partial charge on any atom is 0.00890 e. The Morgan fingerprint density at radius 2 is 1.89 bits per heavy atom. The average Bonchev–Trinajstić information content (AvgIpc) is 1.84. The minimum Gasteiger partial charge on any atom is -0.310 e. The van der Waals surface area contributed by atoms with E-state index in [2.05, 4.69) is 20.8 Å². The third-order valence-corrected chi connectivity index (χ3v) is 2.18. The van der Waals surface area contributed by atoms with Crippen LogP contribution in [-0.2, 0) is 0 Å². The maximum atomic E-state index is 7.33. The summed E-state index contributed by atoms with van der Waals surface area (Å²) >= 11 is 0. The third-order valence-electron chi connectivity index (χ3n) is 2.18. The van der Waals surface area contributed by atoms with Crippen molar-refractivity contribution in [3.63, 3.8) is 0 Å². The van der Waals surface area contributed by atoms with Gasteiger partial charge in [0.15, 0.2) is 0 Å². The second kappa shape index (κ2) is 3.65. The smallest absolute Gasteiger partial charge is 0.00890 e. The highest BCUT2D eigenvalue weighted by Crippen LogP contribution is 2.14. The molecule has 0 aliphatic carbocycles. The van der Waals surface area contributed by atoms with E-state index >= 15 is 0 Å². The molecule has 0 aromatic rings. The fourth-order valence-electron chi connectivity index (χ4n) is 0.780. The van der Waals surface area contributed by atoms with Crippen LogP contribution in [0.3, 0.4) is 0 Å². The molecule has 0 aromatic carbocycles. The minimum absolute atomic E-state index is 0.468. The highest BCUT2D eigenvalue weighted by atomic mass is 14.4. The molecule has 54 valence electrons. The van der Waals surface area contributed by atoms with Crippen LogP contribution < -0.4 is 0 Å². The Morgan fingerprint density at radius 3 is 2.00 bits per heavy atom. The van der Waals surface area contributed by atoms with Crippen molar-refractivity contribution in [3.8, 4) is 0 Å². The molecule has 1 nitrogen and oxygen atoms in total. The first-order chi connectivity index (χ1) is 4.09. The van der Waals surface area contributed by atoms with Gasteiger partial charge in [0.25, 0.3) is 0 Å². The Balaban J connectivity index is 3.72. The van der Waals surface area contributed by atoms with E-state index in [1.165, 1.54) is 6.42 Å². The molecule has 9 heavy (non-hydrogen) atoms. The number of nitrogens with one attached hydrogen (secondary N) is 1. The molecular weight excluding hydrogens is 110 g/mol. The zero-order valence-electron chi connectivity index (χ0n) is 6.86. The van der Waals surface area contributed by atoms with Gasteiger partial charge in [0.2, 0.25) is 0 Å². The molecule has 0 aliphatic rings. The van der Waals surface area contributed by atoms with Gasteiger partial charge in [-0.05, 0) is 18.8 Å². The zero-order valence-corrected chi connectivity index (χ0v) is 6.86. The Bertz CT molecular complexity index is 96.7. The predicted octanol–water partition coefficient (Wildman–Crippen LogP) is 2.71. The van der Waals surface area contributed by atoms with Gasteiger partial charge in [-0.1, -0.05) is 27.2 Å². The van der Waals surface area contributed by atoms with E-state index < -0.39 is 0 Å². The summed E-state index contributed by atoms with van der Waals surface area (Å²) in [4.78, 5) is 0. The van der Waals surface area contributed by atoms with E-state index in [0.717, 1.165) is 5.71 Å². The molecule has 2 atom stereocenters. The van der Waals surface area contributed by atoms with Crippen LogP contribution in [0.4, 0.5) is 0 Å². The highest BCUT2D eigenvalue weighted by Gasteiger charge is 2.10. The normalized spacial score (nSPS) is 16.9. The Kier molecular flexibility index (Phi) is 3.52. The summed E-state index contributed by atoms with van der Waals surface area (Å²) in [5.74, 6) is 1.14. The van der Waals surface area contributed by atoms with E-state index in [0.29, 0.717) is 11.8 Å². The fourth-order valence-corrected chi connectivity index (χ4v) is 0.780. The first-order valence-corrected chi connectivity index (χ1v) is 3.64. The van der Waals surface area contributed by atoms with Gasteiger partial charge >= 0.3 is 0 Å². The minimum atomic E-state index is 0.468. The van der Waals surface area contributed by atoms with Gasteiger partial charge in [0, 0.05) is 5.71 Å². The second-order valence-corrected chi connectivity index (χ2v) is 2.86. The molecule has 0 aliphatic heterocycles. The molecule has 0 rings (SSSR count). The summed E-state index contributed by atoms with van der Waals surface area (Å²) in [6.45, 7) is 8.38. The lowest BCUT2D eigenvalue weighted by Crippen LogP contribution is -2.14. The van der Waals surface area contributed by atoms with Crippen LogP contribution in [0.5, 0.6) is 0 Å². The quantitative estimate of drug-likeness (QED) is 0.564. The van der Waals surface area contributed by atoms with Gasteiger partial charge in [0.1, 0.15) is 0 Å². The molecule has 0 saturated carbocycles. The highest BCUT2D eigenvalue weighted by molar-refractivity contribution is 5.80. The van der Waals surface area contributed by atoms with Gasteiger partial charge in [-0.25, -0.2) is 0 Å². The lowest BCUT2D eigenvalue weighted by Gasteiger charge is -2.16. The van der Waals surface area contributed by atoms with E-state index in [9.17, 15) is 0 Å². The number of hydrogen-bond donors (Lipinski definition) is 1. The van der Waals surface area contributed by atoms with Crippen LogP contribution in [0.1, 0.15) is 34.1 Å². The third kappa shape index (κ3) is 2.64. The first-order valence-electron chi connectivity index (χ1n) is 3.64. The van der Waals surface area contributed by atoms with E-state index in [-0.39, 0.29) is 0 Å². The van der Waals surface area contributed by atoms with Crippen LogP contribution >= 0.6 is 0 Å². The van der Waals surface area contributed by atoms with Crippen LogP contribution in [0.25, 0.3) is 0 Å². The fraction of sp³-hybridized carbons (Fsp3) is 0.875. The Hall–Kier alpha value is -0.330. The molecule has 0 fully saturated rings. The lowest BCUT2D eigenvalue weighted by atomic mass is 9.90. The second-order valence-electron chi connectivity index (χ2n) is 2.86. The van der Waals surface area contributed by atoms with Gasteiger partial charge in [-0.3, -0.25) is 0 Å². The molecule has 0 spiro atoms. The molecule has 0 amide bonds. The van der Waals surface area contributed by atoms with Gasteiger partial charge in [0.05, 0.1) is 0 Å². The van der Waals surface area contributed by atoms with Crippen molar-refractivity contribution in [1.29, 1.82) is 5.41 Å². The summed E-state index contributed by atoms with van der Waals surface area (Å²) in [7, 11) is 0. The number of rotatable bonds is 3. The Morgan fingerprint density at radius 1 is 1.44 bits per heavy atom. The van der Waals surface area contributed by atoms with Gasteiger partial charge in [-0.15, -0.1) is 0 Å². The molecule has 0 bridgehead atoms. The van der Waals surface area contributed by atoms with Crippen molar-refractivity contribution < 1.29 is 0 Å². The van der Waals surface area contributed by atoms with Gasteiger partial charge < -0.3 is 5.41 Å². The molecule has 1 N–H and O–H groups in total. The largest absolute Gasteiger partial charge is 0.310 e. The van der Waals surface area contributed by atoms with Crippen molar-refractivity contribution >= 4 is 5.71 Å². The molecule has 0 saturated heterocycles. The molecule has 0 radical (unpaired) electrons. The number of hydrogen-bond acceptors (Lipinski definition) is 1. The molecule has 2 unspecified atom stereocenters.